The average molecular weight is 479 g/mol. The van der Waals surface area contributed by atoms with Crippen LogP contribution in [0.2, 0.25) is 0 Å². The minimum atomic E-state index is -0.108. The van der Waals surface area contributed by atoms with Gasteiger partial charge in [0, 0.05) is 51.0 Å². The lowest BCUT2D eigenvalue weighted by atomic mass is 9.77. The van der Waals surface area contributed by atoms with E-state index in [1.807, 2.05) is 44.4 Å². The van der Waals surface area contributed by atoms with Crippen molar-refractivity contribution in [2.24, 2.45) is 11.0 Å². The third-order valence-electron chi connectivity index (χ3n) is 7.23. The number of allylic oxidation sites excluding steroid dienone is 1. The predicted molar refractivity (Wildman–Crippen MR) is 150 cm³/mol. The maximum atomic E-state index is 13.7. The Morgan fingerprint density at radius 2 is 1.47 bits per heavy atom. The molecular formula is C31H34N4O. The Labute approximate surface area is 214 Å². The SMILES string of the molecule is CN(C)c1ccc(/C=C2\CCC[C@@H]3C2=NN(C(=O)c2ccccc2)[C@@H]3c2ccc(N(C)C)cc2)cc1. The van der Waals surface area contributed by atoms with Crippen LogP contribution in [0.15, 0.2) is 89.5 Å². The van der Waals surface area contributed by atoms with E-state index in [0.29, 0.717) is 5.56 Å². The first kappa shape index (κ1) is 23.9. The second-order valence-electron chi connectivity index (χ2n) is 10.1. The van der Waals surface area contributed by atoms with Crippen molar-refractivity contribution in [1.82, 2.24) is 5.01 Å². The van der Waals surface area contributed by atoms with Crippen molar-refractivity contribution in [3.63, 3.8) is 0 Å². The van der Waals surface area contributed by atoms with E-state index in [1.54, 1.807) is 5.01 Å². The highest BCUT2D eigenvalue weighted by atomic mass is 16.2. The number of amides is 1. The molecule has 5 rings (SSSR count). The van der Waals surface area contributed by atoms with Gasteiger partial charge in [-0.3, -0.25) is 4.79 Å². The summed E-state index contributed by atoms with van der Waals surface area (Å²) in [7, 11) is 8.19. The second kappa shape index (κ2) is 10.0. The minimum Gasteiger partial charge on any atom is -0.378 e. The molecular weight excluding hydrogens is 444 g/mol. The fourth-order valence-corrected chi connectivity index (χ4v) is 5.25. The quantitative estimate of drug-likeness (QED) is 0.435. The molecule has 1 fully saturated rings. The molecule has 1 saturated carbocycles. The van der Waals surface area contributed by atoms with Gasteiger partial charge in [-0.2, -0.15) is 5.10 Å². The summed E-state index contributed by atoms with van der Waals surface area (Å²) in [6, 6.07) is 26.6. The molecule has 1 aliphatic heterocycles. The summed E-state index contributed by atoms with van der Waals surface area (Å²) in [5, 5.41) is 6.78. The van der Waals surface area contributed by atoms with Gasteiger partial charge in [-0.1, -0.05) is 42.5 Å². The molecule has 1 amide bonds. The summed E-state index contributed by atoms with van der Waals surface area (Å²) in [5.41, 5.74) is 7.58. The van der Waals surface area contributed by atoms with Gasteiger partial charge in [0.2, 0.25) is 0 Å². The van der Waals surface area contributed by atoms with Gasteiger partial charge < -0.3 is 9.80 Å². The van der Waals surface area contributed by atoms with Gasteiger partial charge in [0.05, 0.1) is 11.8 Å². The molecule has 2 atom stereocenters. The number of hydrogen-bond donors (Lipinski definition) is 0. The van der Waals surface area contributed by atoms with Crippen LogP contribution in [0.3, 0.4) is 0 Å². The molecule has 2 aliphatic rings. The lowest BCUT2D eigenvalue weighted by Gasteiger charge is -2.30. The van der Waals surface area contributed by atoms with Gasteiger partial charge in [-0.25, -0.2) is 5.01 Å². The molecule has 0 spiro atoms. The Morgan fingerprint density at radius 3 is 2.08 bits per heavy atom. The zero-order chi connectivity index (χ0) is 25.2. The Morgan fingerprint density at radius 1 is 0.861 bits per heavy atom. The summed E-state index contributed by atoms with van der Waals surface area (Å²) >= 11 is 0. The van der Waals surface area contributed by atoms with E-state index < -0.39 is 0 Å². The largest absolute Gasteiger partial charge is 0.378 e. The summed E-state index contributed by atoms with van der Waals surface area (Å²) in [6.07, 6.45) is 5.34. The van der Waals surface area contributed by atoms with Crippen LogP contribution in [0.25, 0.3) is 6.08 Å². The number of benzene rings is 3. The topological polar surface area (TPSA) is 39.1 Å². The number of rotatable bonds is 5. The molecule has 0 N–H and O–H groups in total. The number of nitrogens with zero attached hydrogens (tertiary/aromatic N) is 4. The van der Waals surface area contributed by atoms with Gasteiger partial charge in [-0.15, -0.1) is 0 Å². The standard InChI is InChI=1S/C31H34N4O/c1-33(2)26-17-13-22(14-18-26)21-25-11-8-12-28-29(25)32-35(31(36)24-9-6-5-7-10-24)30(28)23-15-19-27(20-16-23)34(3)4/h5-7,9-10,13-21,28,30H,8,11-12H2,1-4H3/b25-21+/t28-,30-/m1/s1. The van der Waals surface area contributed by atoms with Crippen molar-refractivity contribution in [3.8, 4) is 0 Å². The summed E-state index contributed by atoms with van der Waals surface area (Å²) in [6.45, 7) is 0. The van der Waals surface area contributed by atoms with Crippen LogP contribution < -0.4 is 9.80 Å². The van der Waals surface area contributed by atoms with Crippen molar-refractivity contribution >= 4 is 29.1 Å². The fourth-order valence-electron chi connectivity index (χ4n) is 5.25. The van der Waals surface area contributed by atoms with E-state index in [2.05, 4.69) is 78.5 Å². The smallest absolute Gasteiger partial charge is 0.274 e. The van der Waals surface area contributed by atoms with Crippen LogP contribution in [0.1, 0.15) is 46.8 Å². The van der Waals surface area contributed by atoms with E-state index >= 15 is 0 Å². The van der Waals surface area contributed by atoms with E-state index in [0.717, 1.165) is 36.2 Å². The van der Waals surface area contributed by atoms with Crippen LogP contribution in [0.5, 0.6) is 0 Å². The maximum absolute atomic E-state index is 13.7. The average Bonchev–Trinajstić information content (AvgIpc) is 3.30. The molecule has 0 unspecified atom stereocenters. The van der Waals surface area contributed by atoms with Crippen LogP contribution in [0, 0.1) is 5.92 Å². The van der Waals surface area contributed by atoms with E-state index in [-0.39, 0.29) is 17.9 Å². The third kappa shape index (κ3) is 4.66. The van der Waals surface area contributed by atoms with Crippen molar-refractivity contribution in [2.75, 3.05) is 38.0 Å². The Kier molecular flexibility index (Phi) is 6.64. The van der Waals surface area contributed by atoms with Crippen LogP contribution in [-0.2, 0) is 0 Å². The molecule has 0 saturated heterocycles. The highest BCUT2D eigenvalue weighted by Crippen LogP contribution is 2.45. The zero-order valence-electron chi connectivity index (χ0n) is 21.6. The first-order chi connectivity index (χ1) is 17.4. The van der Waals surface area contributed by atoms with Crippen molar-refractivity contribution < 1.29 is 4.79 Å². The predicted octanol–water partition coefficient (Wildman–Crippen LogP) is 6.26. The van der Waals surface area contributed by atoms with Crippen LogP contribution in [-0.4, -0.2) is 44.8 Å². The molecule has 3 aromatic carbocycles. The molecule has 184 valence electrons. The summed E-state index contributed by atoms with van der Waals surface area (Å²) < 4.78 is 0. The molecule has 36 heavy (non-hydrogen) atoms. The second-order valence-corrected chi connectivity index (χ2v) is 10.1. The number of carbonyl (C=O) groups is 1. The number of hydrazone groups is 1. The molecule has 3 aromatic rings. The zero-order valence-corrected chi connectivity index (χ0v) is 21.6. The molecule has 1 heterocycles. The van der Waals surface area contributed by atoms with Crippen molar-refractivity contribution in [1.29, 1.82) is 0 Å². The number of fused-ring (bicyclic) bond motifs is 1. The summed E-state index contributed by atoms with van der Waals surface area (Å²) in [5.74, 6) is 0.137. The molecule has 5 heteroatoms. The minimum absolute atomic E-state index is 0.0473. The molecule has 1 aliphatic carbocycles. The highest BCUT2D eigenvalue weighted by molar-refractivity contribution is 6.09. The van der Waals surface area contributed by atoms with Gasteiger partial charge in [0.15, 0.2) is 0 Å². The van der Waals surface area contributed by atoms with E-state index in [4.69, 9.17) is 5.10 Å². The normalized spacial score (nSPS) is 20.2. The van der Waals surface area contributed by atoms with Gasteiger partial charge >= 0.3 is 0 Å². The highest BCUT2D eigenvalue weighted by Gasteiger charge is 2.43. The van der Waals surface area contributed by atoms with Gasteiger partial charge in [0.25, 0.3) is 5.91 Å². The number of carbonyl (C=O) groups excluding carboxylic acids is 1. The molecule has 0 bridgehead atoms. The van der Waals surface area contributed by atoms with Gasteiger partial charge in [0.1, 0.15) is 0 Å². The molecule has 0 radical (unpaired) electrons. The Bertz CT molecular complexity index is 1270. The number of hydrogen-bond acceptors (Lipinski definition) is 4. The van der Waals surface area contributed by atoms with Crippen LogP contribution >= 0.6 is 0 Å². The number of anilines is 2. The third-order valence-corrected chi connectivity index (χ3v) is 7.23. The Balaban J connectivity index is 1.54. The van der Waals surface area contributed by atoms with Crippen molar-refractivity contribution in [3.05, 3.63) is 101 Å². The monoisotopic (exact) mass is 478 g/mol. The van der Waals surface area contributed by atoms with E-state index in [9.17, 15) is 4.79 Å². The lowest BCUT2D eigenvalue weighted by molar-refractivity contribution is 0.0681. The summed E-state index contributed by atoms with van der Waals surface area (Å²) in [4.78, 5) is 17.9. The lowest BCUT2D eigenvalue weighted by Crippen LogP contribution is -2.32. The van der Waals surface area contributed by atoms with Crippen LogP contribution in [0.4, 0.5) is 11.4 Å². The Hall–Kier alpha value is -3.86. The fraction of sp³-hybridized carbons (Fsp3) is 0.290. The first-order valence-electron chi connectivity index (χ1n) is 12.6. The maximum Gasteiger partial charge on any atom is 0.274 e. The van der Waals surface area contributed by atoms with E-state index in [1.165, 1.54) is 16.8 Å². The first-order valence-corrected chi connectivity index (χ1v) is 12.6. The molecule has 5 nitrogen and oxygen atoms in total. The molecule has 0 aromatic heterocycles. The van der Waals surface area contributed by atoms with Crippen molar-refractivity contribution in [2.45, 2.75) is 25.3 Å². The van der Waals surface area contributed by atoms with Gasteiger partial charge in [-0.05, 0) is 78.4 Å².